The van der Waals surface area contributed by atoms with E-state index in [9.17, 15) is 13.2 Å². The molecule has 0 spiro atoms. The zero-order valence-corrected chi connectivity index (χ0v) is 10.7. The Kier molecular flexibility index (Phi) is 7.27. The zero-order valence-electron chi connectivity index (χ0n) is 9.90. The number of nitrogens with zero attached hydrogens (tertiary/aromatic N) is 1. The molecule has 0 aromatic carbocycles. The van der Waals surface area contributed by atoms with Crippen LogP contribution in [0.1, 0.15) is 6.42 Å². The highest BCUT2D eigenvalue weighted by Gasteiger charge is 2.13. The number of carbonyl (C=O) groups is 1. The molecule has 0 fully saturated rings. The number of hydrogen-bond donors (Lipinski definition) is 2. The van der Waals surface area contributed by atoms with Crippen LogP contribution in [0.3, 0.4) is 0 Å². The highest BCUT2D eigenvalue weighted by Crippen LogP contribution is 1.95. The van der Waals surface area contributed by atoms with Crippen molar-refractivity contribution in [2.75, 3.05) is 45.2 Å². The molecule has 0 heterocycles. The van der Waals surface area contributed by atoms with Crippen molar-refractivity contribution in [3.63, 3.8) is 0 Å². The molecule has 0 saturated carbocycles. The summed E-state index contributed by atoms with van der Waals surface area (Å²) in [5.41, 5.74) is 4.90. The second kappa shape index (κ2) is 7.59. The Labute approximate surface area is 97.1 Å². The summed E-state index contributed by atoms with van der Waals surface area (Å²) >= 11 is 0. The number of amides is 1. The summed E-state index contributed by atoms with van der Waals surface area (Å²) in [7, 11) is 0.547. The van der Waals surface area contributed by atoms with Gasteiger partial charge in [0.2, 0.25) is 5.91 Å². The van der Waals surface area contributed by atoms with Gasteiger partial charge in [0.1, 0.15) is 0 Å². The van der Waals surface area contributed by atoms with E-state index in [1.807, 2.05) is 19.0 Å². The van der Waals surface area contributed by atoms with Crippen LogP contribution in [0, 0.1) is 0 Å². The standard InChI is InChI=1S/C9H21N3O3S/c1-11-4-5-12(2)6-8-16(14,15)7-3-9(10)13/h11H,3-8H2,1-2H3,(H2,10,13). The van der Waals surface area contributed by atoms with Crippen LogP contribution in [0.25, 0.3) is 0 Å². The summed E-state index contributed by atoms with van der Waals surface area (Å²) in [5.74, 6) is -0.657. The fourth-order valence-electron chi connectivity index (χ4n) is 1.07. The lowest BCUT2D eigenvalue weighted by atomic mass is 10.5. The molecule has 0 aromatic heterocycles. The quantitative estimate of drug-likeness (QED) is 0.516. The van der Waals surface area contributed by atoms with E-state index in [-0.39, 0.29) is 17.9 Å². The number of primary amides is 1. The molecule has 6 nitrogen and oxygen atoms in total. The van der Waals surface area contributed by atoms with Crippen molar-refractivity contribution in [3.05, 3.63) is 0 Å². The third-order valence-electron chi connectivity index (χ3n) is 2.19. The maximum Gasteiger partial charge on any atom is 0.218 e. The van der Waals surface area contributed by atoms with E-state index < -0.39 is 15.7 Å². The molecule has 0 aliphatic heterocycles. The second-order valence-electron chi connectivity index (χ2n) is 3.77. The topological polar surface area (TPSA) is 92.5 Å². The van der Waals surface area contributed by atoms with Gasteiger partial charge in [0.25, 0.3) is 0 Å². The predicted molar refractivity (Wildman–Crippen MR) is 63.9 cm³/mol. The van der Waals surface area contributed by atoms with Gasteiger partial charge >= 0.3 is 0 Å². The molecule has 0 aliphatic rings. The fraction of sp³-hybridized carbons (Fsp3) is 0.889. The number of hydrogen-bond acceptors (Lipinski definition) is 5. The van der Waals surface area contributed by atoms with Crippen molar-refractivity contribution in [2.45, 2.75) is 6.42 Å². The number of rotatable bonds is 9. The van der Waals surface area contributed by atoms with Crippen molar-refractivity contribution < 1.29 is 13.2 Å². The Morgan fingerprint density at radius 1 is 1.31 bits per heavy atom. The van der Waals surface area contributed by atoms with Gasteiger partial charge in [-0.2, -0.15) is 0 Å². The third-order valence-corrected chi connectivity index (χ3v) is 3.82. The van der Waals surface area contributed by atoms with Crippen molar-refractivity contribution in [3.8, 4) is 0 Å². The van der Waals surface area contributed by atoms with Crippen LogP contribution in [0.2, 0.25) is 0 Å². The molecule has 96 valence electrons. The summed E-state index contributed by atoms with van der Waals surface area (Å²) in [5, 5.41) is 2.98. The third kappa shape index (κ3) is 8.63. The molecule has 0 aromatic rings. The average Bonchev–Trinajstić information content (AvgIpc) is 2.21. The van der Waals surface area contributed by atoms with E-state index in [0.29, 0.717) is 6.54 Å². The molecule has 0 radical (unpaired) electrons. The average molecular weight is 251 g/mol. The second-order valence-corrected chi connectivity index (χ2v) is 6.08. The van der Waals surface area contributed by atoms with Gasteiger partial charge < -0.3 is 16.0 Å². The SMILES string of the molecule is CNCCN(C)CCS(=O)(=O)CCC(N)=O. The first-order valence-corrected chi connectivity index (χ1v) is 7.01. The first kappa shape index (κ1) is 15.3. The Balaban J connectivity index is 3.85. The van der Waals surface area contributed by atoms with E-state index in [2.05, 4.69) is 5.32 Å². The van der Waals surface area contributed by atoms with Gasteiger partial charge in [-0.15, -0.1) is 0 Å². The van der Waals surface area contributed by atoms with Crippen LogP contribution in [0.4, 0.5) is 0 Å². The van der Waals surface area contributed by atoms with E-state index in [0.717, 1.165) is 13.1 Å². The monoisotopic (exact) mass is 251 g/mol. The Morgan fingerprint density at radius 3 is 2.44 bits per heavy atom. The molecule has 0 bridgehead atoms. The number of sulfone groups is 1. The van der Waals surface area contributed by atoms with Crippen LogP contribution in [0.15, 0.2) is 0 Å². The van der Waals surface area contributed by atoms with Gasteiger partial charge in [-0.05, 0) is 14.1 Å². The van der Waals surface area contributed by atoms with Crippen LogP contribution >= 0.6 is 0 Å². The van der Waals surface area contributed by atoms with Gasteiger partial charge in [-0.1, -0.05) is 0 Å². The Bertz CT molecular complexity index is 303. The van der Waals surface area contributed by atoms with E-state index >= 15 is 0 Å². The minimum atomic E-state index is -3.16. The van der Waals surface area contributed by atoms with Crippen LogP contribution in [-0.2, 0) is 14.6 Å². The van der Waals surface area contributed by atoms with E-state index in [1.165, 1.54) is 0 Å². The first-order chi connectivity index (χ1) is 7.37. The molecular formula is C9H21N3O3S. The largest absolute Gasteiger partial charge is 0.370 e. The van der Waals surface area contributed by atoms with Crippen molar-refractivity contribution in [2.24, 2.45) is 5.73 Å². The highest BCUT2D eigenvalue weighted by atomic mass is 32.2. The van der Waals surface area contributed by atoms with Crippen LogP contribution in [-0.4, -0.2) is 64.5 Å². The fourth-order valence-corrected chi connectivity index (χ4v) is 2.37. The van der Waals surface area contributed by atoms with Gasteiger partial charge in [0.05, 0.1) is 11.5 Å². The molecule has 0 unspecified atom stereocenters. The van der Waals surface area contributed by atoms with E-state index in [4.69, 9.17) is 5.73 Å². The number of likely N-dealkylation sites (N-methyl/N-ethyl adjacent to an activating group) is 2. The number of nitrogens with two attached hydrogens (primary N) is 1. The molecule has 3 N–H and O–H groups in total. The van der Waals surface area contributed by atoms with Gasteiger partial charge in [0, 0.05) is 26.1 Å². The van der Waals surface area contributed by atoms with Crippen molar-refractivity contribution in [1.29, 1.82) is 0 Å². The van der Waals surface area contributed by atoms with Gasteiger partial charge in [-0.25, -0.2) is 8.42 Å². The van der Waals surface area contributed by atoms with Gasteiger partial charge in [0.15, 0.2) is 9.84 Å². The molecule has 16 heavy (non-hydrogen) atoms. The normalized spacial score (nSPS) is 11.9. The predicted octanol–water partition coefficient (Wildman–Crippen LogP) is -1.57. The molecule has 0 rings (SSSR count). The lowest BCUT2D eigenvalue weighted by Gasteiger charge is -2.15. The van der Waals surface area contributed by atoms with Crippen molar-refractivity contribution >= 4 is 15.7 Å². The first-order valence-electron chi connectivity index (χ1n) is 5.19. The summed E-state index contributed by atoms with van der Waals surface area (Å²) in [6.07, 6.45) is -0.0947. The number of carbonyl (C=O) groups excluding carboxylic acids is 1. The molecular weight excluding hydrogens is 230 g/mol. The van der Waals surface area contributed by atoms with E-state index in [1.54, 1.807) is 0 Å². The summed E-state index contributed by atoms with van der Waals surface area (Å²) < 4.78 is 22.9. The molecule has 0 atom stereocenters. The van der Waals surface area contributed by atoms with Crippen LogP contribution in [0.5, 0.6) is 0 Å². The van der Waals surface area contributed by atoms with Crippen LogP contribution < -0.4 is 11.1 Å². The summed E-state index contributed by atoms with van der Waals surface area (Å²) in [4.78, 5) is 12.4. The lowest BCUT2D eigenvalue weighted by molar-refractivity contribution is -0.117. The molecule has 1 amide bonds. The molecule has 0 saturated heterocycles. The summed E-state index contributed by atoms with van der Waals surface area (Å²) in [6.45, 7) is 2.09. The Hall–Kier alpha value is -0.660. The molecule has 0 aliphatic carbocycles. The van der Waals surface area contributed by atoms with Crippen molar-refractivity contribution in [1.82, 2.24) is 10.2 Å². The van der Waals surface area contributed by atoms with Gasteiger partial charge in [-0.3, -0.25) is 4.79 Å². The highest BCUT2D eigenvalue weighted by molar-refractivity contribution is 7.91. The Morgan fingerprint density at radius 2 is 1.94 bits per heavy atom. The molecule has 7 heteroatoms. The zero-order chi connectivity index (χ0) is 12.6. The minimum absolute atomic E-state index is 0.0699. The smallest absolute Gasteiger partial charge is 0.218 e. The minimum Gasteiger partial charge on any atom is -0.370 e. The maximum absolute atomic E-state index is 11.5. The lowest BCUT2D eigenvalue weighted by Crippen LogP contribution is -2.32. The summed E-state index contributed by atoms with van der Waals surface area (Å²) in [6, 6.07) is 0. The maximum atomic E-state index is 11.5. The number of nitrogens with one attached hydrogen (secondary N) is 1.